The highest BCUT2D eigenvalue weighted by Crippen LogP contribution is 2.31. The lowest BCUT2D eigenvalue weighted by atomic mass is 9.86. The van der Waals surface area contributed by atoms with E-state index in [4.69, 9.17) is 14.7 Å². The number of hydrogen-bond acceptors (Lipinski definition) is 3. The van der Waals surface area contributed by atoms with Gasteiger partial charge in [0.15, 0.2) is 0 Å². The van der Waals surface area contributed by atoms with Crippen molar-refractivity contribution in [2.24, 2.45) is 5.41 Å². The summed E-state index contributed by atoms with van der Waals surface area (Å²) in [5, 5.41) is 9.15. The van der Waals surface area contributed by atoms with Gasteiger partial charge in [-0.3, -0.25) is 0 Å². The van der Waals surface area contributed by atoms with Crippen LogP contribution in [0.25, 0.3) is 0 Å². The minimum absolute atomic E-state index is 0.309. The maximum Gasteiger partial charge on any atom is 0.0850 e. The van der Waals surface area contributed by atoms with Crippen LogP contribution in [0, 0.1) is 16.7 Å². The Morgan fingerprint density at radius 1 is 1.35 bits per heavy atom. The van der Waals surface area contributed by atoms with E-state index in [1.165, 1.54) is 5.56 Å². The largest absolute Gasteiger partial charge is 0.380 e. The summed E-state index contributed by atoms with van der Waals surface area (Å²) < 4.78 is 10.9. The molecule has 0 spiro atoms. The second-order valence-corrected chi connectivity index (χ2v) is 4.48. The van der Waals surface area contributed by atoms with E-state index in [0.717, 1.165) is 12.8 Å². The molecule has 0 radical (unpaired) electrons. The number of ether oxygens (including phenoxy) is 2. The van der Waals surface area contributed by atoms with E-state index in [1.807, 2.05) is 30.3 Å². The predicted octanol–water partition coefficient (Wildman–Crippen LogP) is 2.52. The van der Waals surface area contributed by atoms with Crippen LogP contribution < -0.4 is 0 Å². The van der Waals surface area contributed by atoms with E-state index < -0.39 is 0 Å². The van der Waals surface area contributed by atoms with Gasteiger partial charge in [0.2, 0.25) is 0 Å². The SMILES string of the molecule is N#CC1(CCOCc2ccccc2)CCOC1. The van der Waals surface area contributed by atoms with Gasteiger partial charge in [-0.2, -0.15) is 5.26 Å². The summed E-state index contributed by atoms with van der Waals surface area (Å²) in [7, 11) is 0. The van der Waals surface area contributed by atoms with Gasteiger partial charge >= 0.3 is 0 Å². The van der Waals surface area contributed by atoms with Crippen LogP contribution >= 0.6 is 0 Å². The summed E-state index contributed by atoms with van der Waals surface area (Å²) in [6, 6.07) is 12.4. The molecule has 1 aromatic carbocycles. The van der Waals surface area contributed by atoms with E-state index >= 15 is 0 Å². The molecule has 1 saturated heterocycles. The number of benzene rings is 1. The van der Waals surface area contributed by atoms with Crippen molar-refractivity contribution >= 4 is 0 Å². The van der Waals surface area contributed by atoms with E-state index in [9.17, 15) is 0 Å². The van der Waals surface area contributed by atoms with Gasteiger partial charge in [-0.25, -0.2) is 0 Å². The molecule has 3 heteroatoms. The number of hydrogen-bond donors (Lipinski definition) is 0. The molecule has 90 valence electrons. The van der Waals surface area contributed by atoms with Crippen molar-refractivity contribution < 1.29 is 9.47 Å². The maximum atomic E-state index is 9.15. The van der Waals surface area contributed by atoms with Crippen molar-refractivity contribution in [3.63, 3.8) is 0 Å². The molecular formula is C14H17NO2. The lowest BCUT2D eigenvalue weighted by Gasteiger charge is -2.17. The molecule has 1 unspecified atom stereocenters. The highest BCUT2D eigenvalue weighted by Gasteiger charge is 2.34. The third kappa shape index (κ3) is 3.29. The molecule has 17 heavy (non-hydrogen) atoms. The average Bonchev–Trinajstić information content (AvgIpc) is 2.85. The third-order valence-electron chi connectivity index (χ3n) is 3.18. The van der Waals surface area contributed by atoms with Gasteiger partial charge in [-0.1, -0.05) is 30.3 Å². The first kappa shape index (κ1) is 12.1. The minimum Gasteiger partial charge on any atom is -0.380 e. The molecule has 0 amide bonds. The molecule has 0 bridgehead atoms. The molecule has 0 aliphatic carbocycles. The summed E-state index contributed by atoms with van der Waals surface area (Å²) in [6.07, 6.45) is 1.59. The second-order valence-electron chi connectivity index (χ2n) is 4.48. The summed E-state index contributed by atoms with van der Waals surface area (Å²) in [5.41, 5.74) is 0.859. The molecule has 0 aromatic heterocycles. The first-order chi connectivity index (χ1) is 8.35. The Balaban J connectivity index is 1.71. The predicted molar refractivity (Wildman–Crippen MR) is 64.2 cm³/mol. The van der Waals surface area contributed by atoms with Gasteiger partial charge in [0, 0.05) is 13.2 Å². The Kier molecular flexibility index (Phi) is 4.13. The first-order valence-corrected chi connectivity index (χ1v) is 5.95. The van der Waals surface area contributed by atoms with Crippen molar-refractivity contribution in [1.82, 2.24) is 0 Å². The van der Waals surface area contributed by atoms with Crippen LogP contribution in [-0.2, 0) is 16.1 Å². The van der Waals surface area contributed by atoms with Crippen LogP contribution in [0.2, 0.25) is 0 Å². The van der Waals surface area contributed by atoms with E-state index in [1.54, 1.807) is 0 Å². The van der Waals surface area contributed by atoms with Crippen LogP contribution in [0.15, 0.2) is 30.3 Å². The molecule has 3 nitrogen and oxygen atoms in total. The smallest absolute Gasteiger partial charge is 0.0850 e. The zero-order chi connectivity index (χ0) is 12.0. The monoisotopic (exact) mass is 231 g/mol. The quantitative estimate of drug-likeness (QED) is 0.731. The standard InChI is InChI=1S/C14H17NO2/c15-11-14(7-9-17-12-14)6-8-16-10-13-4-2-1-3-5-13/h1-5H,6-10,12H2. The molecule has 0 N–H and O–H groups in total. The normalized spacial score (nSPS) is 23.5. The van der Waals surface area contributed by atoms with Gasteiger partial charge in [-0.05, 0) is 18.4 Å². The van der Waals surface area contributed by atoms with Gasteiger partial charge in [-0.15, -0.1) is 0 Å². The fraction of sp³-hybridized carbons (Fsp3) is 0.500. The van der Waals surface area contributed by atoms with Gasteiger partial charge in [0.1, 0.15) is 0 Å². The van der Waals surface area contributed by atoms with Gasteiger partial charge < -0.3 is 9.47 Å². The maximum absolute atomic E-state index is 9.15. The van der Waals surface area contributed by atoms with E-state index in [-0.39, 0.29) is 5.41 Å². The van der Waals surface area contributed by atoms with Crippen molar-refractivity contribution in [3.05, 3.63) is 35.9 Å². The van der Waals surface area contributed by atoms with Crippen molar-refractivity contribution in [2.75, 3.05) is 19.8 Å². The Bertz CT molecular complexity index is 377. The van der Waals surface area contributed by atoms with Crippen molar-refractivity contribution in [3.8, 4) is 6.07 Å². The molecule has 1 aliphatic rings. The Morgan fingerprint density at radius 2 is 2.18 bits per heavy atom. The molecule has 1 aliphatic heterocycles. The average molecular weight is 231 g/mol. The summed E-state index contributed by atoms with van der Waals surface area (Å²) >= 11 is 0. The summed E-state index contributed by atoms with van der Waals surface area (Å²) in [6.45, 7) is 2.49. The first-order valence-electron chi connectivity index (χ1n) is 5.95. The fourth-order valence-corrected chi connectivity index (χ4v) is 1.98. The van der Waals surface area contributed by atoms with Crippen LogP contribution in [0.1, 0.15) is 18.4 Å². The van der Waals surface area contributed by atoms with Crippen LogP contribution in [0.3, 0.4) is 0 Å². The Hall–Kier alpha value is -1.37. The molecular weight excluding hydrogens is 214 g/mol. The van der Waals surface area contributed by atoms with Gasteiger partial charge in [0.05, 0.1) is 24.7 Å². The van der Waals surface area contributed by atoms with Gasteiger partial charge in [0.25, 0.3) is 0 Å². The van der Waals surface area contributed by atoms with E-state index in [0.29, 0.717) is 26.4 Å². The number of rotatable bonds is 5. The summed E-state index contributed by atoms with van der Waals surface area (Å²) in [4.78, 5) is 0. The number of nitriles is 1. The summed E-state index contributed by atoms with van der Waals surface area (Å²) in [5.74, 6) is 0. The fourth-order valence-electron chi connectivity index (χ4n) is 1.98. The molecule has 1 atom stereocenters. The molecule has 1 aromatic rings. The Labute approximate surface area is 102 Å². The van der Waals surface area contributed by atoms with E-state index in [2.05, 4.69) is 6.07 Å². The topological polar surface area (TPSA) is 42.2 Å². The van der Waals surface area contributed by atoms with Crippen LogP contribution in [0.4, 0.5) is 0 Å². The highest BCUT2D eigenvalue weighted by atomic mass is 16.5. The lowest BCUT2D eigenvalue weighted by molar-refractivity contribution is 0.0894. The second kappa shape index (κ2) is 5.81. The minimum atomic E-state index is -0.309. The molecule has 2 rings (SSSR count). The van der Waals surface area contributed by atoms with Crippen molar-refractivity contribution in [1.29, 1.82) is 5.26 Å². The Morgan fingerprint density at radius 3 is 2.82 bits per heavy atom. The third-order valence-corrected chi connectivity index (χ3v) is 3.18. The molecule has 1 heterocycles. The lowest BCUT2D eigenvalue weighted by Crippen LogP contribution is -2.20. The van der Waals surface area contributed by atoms with Crippen LogP contribution in [-0.4, -0.2) is 19.8 Å². The zero-order valence-electron chi connectivity index (χ0n) is 9.89. The molecule has 1 fully saturated rings. The highest BCUT2D eigenvalue weighted by molar-refractivity contribution is 5.13. The zero-order valence-corrected chi connectivity index (χ0v) is 9.89. The van der Waals surface area contributed by atoms with Crippen molar-refractivity contribution in [2.45, 2.75) is 19.4 Å². The number of nitrogens with zero attached hydrogens (tertiary/aromatic N) is 1. The molecule has 0 saturated carbocycles. The van der Waals surface area contributed by atoms with Crippen LogP contribution in [0.5, 0.6) is 0 Å².